The van der Waals surface area contributed by atoms with Crippen molar-refractivity contribution in [1.29, 1.82) is 0 Å². The highest BCUT2D eigenvalue weighted by Crippen LogP contribution is 2.24. The zero-order valence-electron chi connectivity index (χ0n) is 10.2. The van der Waals surface area contributed by atoms with Gasteiger partial charge in [-0.2, -0.15) is 0 Å². The zero-order valence-corrected chi connectivity index (χ0v) is 10.2. The second-order valence-electron chi connectivity index (χ2n) is 4.66. The lowest BCUT2D eigenvalue weighted by Gasteiger charge is -2.26. The average molecular weight is 252 g/mol. The summed E-state index contributed by atoms with van der Waals surface area (Å²) < 4.78 is 4.83. The van der Waals surface area contributed by atoms with Crippen molar-refractivity contribution in [2.75, 3.05) is 0 Å². The van der Waals surface area contributed by atoms with E-state index in [0.29, 0.717) is 37.0 Å². The van der Waals surface area contributed by atoms with Crippen LogP contribution in [0, 0.1) is 12.8 Å². The molecule has 1 aliphatic carbocycles. The number of nitrogens with one attached hydrogen (secondary N) is 1. The third-order valence-corrected chi connectivity index (χ3v) is 3.41. The Labute approximate surface area is 104 Å². The minimum absolute atomic E-state index is 0.0439. The van der Waals surface area contributed by atoms with E-state index in [2.05, 4.69) is 10.5 Å². The van der Waals surface area contributed by atoms with Crippen molar-refractivity contribution in [3.05, 3.63) is 17.5 Å². The van der Waals surface area contributed by atoms with Crippen LogP contribution in [-0.4, -0.2) is 28.2 Å². The molecule has 0 aromatic carbocycles. The monoisotopic (exact) mass is 252 g/mol. The van der Waals surface area contributed by atoms with E-state index in [9.17, 15) is 9.59 Å². The molecule has 0 saturated heterocycles. The predicted molar refractivity (Wildman–Crippen MR) is 62.1 cm³/mol. The number of nitrogens with zero attached hydrogens (tertiary/aromatic N) is 1. The molecule has 1 amide bonds. The van der Waals surface area contributed by atoms with Crippen molar-refractivity contribution in [2.45, 2.75) is 38.6 Å². The lowest BCUT2D eigenvalue weighted by molar-refractivity contribution is -0.142. The number of aliphatic carboxylic acids is 1. The molecule has 1 aliphatic rings. The molecule has 1 aromatic heterocycles. The highest BCUT2D eigenvalue weighted by atomic mass is 16.5. The van der Waals surface area contributed by atoms with Gasteiger partial charge in [-0.15, -0.1) is 0 Å². The maximum absolute atomic E-state index is 11.9. The van der Waals surface area contributed by atoms with Crippen LogP contribution in [0.3, 0.4) is 0 Å². The van der Waals surface area contributed by atoms with Gasteiger partial charge in [0.05, 0.1) is 12.1 Å². The number of amides is 1. The van der Waals surface area contributed by atoms with Crippen LogP contribution >= 0.6 is 0 Å². The van der Waals surface area contributed by atoms with Gasteiger partial charge >= 0.3 is 5.97 Å². The number of aromatic nitrogens is 1. The molecule has 0 bridgehead atoms. The maximum Gasteiger partial charge on any atom is 0.306 e. The Morgan fingerprint density at radius 2 is 2.06 bits per heavy atom. The molecule has 2 N–H and O–H groups in total. The first-order valence-corrected chi connectivity index (χ1v) is 6.03. The van der Waals surface area contributed by atoms with E-state index in [1.807, 2.05) is 0 Å². The molecule has 1 saturated carbocycles. The van der Waals surface area contributed by atoms with Crippen LogP contribution in [0.4, 0.5) is 0 Å². The van der Waals surface area contributed by atoms with Gasteiger partial charge in [0.1, 0.15) is 11.3 Å². The number of hydrogen-bond acceptors (Lipinski definition) is 4. The molecule has 0 unspecified atom stereocenters. The van der Waals surface area contributed by atoms with Gasteiger partial charge in [-0.05, 0) is 32.6 Å². The van der Waals surface area contributed by atoms with Gasteiger partial charge < -0.3 is 14.9 Å². The molecule has 6 heteroatoms. The standard InChI is InChI=1S/C12H16N2O4/c1-7-10(6-13-18-7)11(15)14-9-4-2-8(3-5-9)12(16)17/h6,8-9H,2-5H2,1H3,(H,14,15)(H,16,17). The molecule has 1 fully saturated rings. The van der Waals surface area contributed by atoms with Gasteiger partial charge in [0.2, 0.25) is 0 Å². The van der Waals surface area contributed by atoms with E-state index >= 15 is 0 Å². The highest BCUT2D eigenvalue weighted by Gasteiger charge is 2.27. The summed E-state index contributed by atoms with van der Waals surface area (Å²) in [6, 6.07) is 0.0439. The summed E-state index contributed by atoms with van der Waals surface area (Å²) in [6.07, 6.45) is 4.03. The second-order valence-corrected chi connectivity index (χ2v) is 4.66. The molecule has 2 rings (SSSR count). The first-order valence-electron chi connectivity index (χ1n) is 6.03. The number of carbonyl (C=O) groups is 2. The van der Waals surface area contributed by atoms with Gasteiger partial charge in [-0.25, -0.2) is 0 Å². The van der Waals surface area contributed by atoms with Crippen LogP contribution in [0.25, 0.3) is 0 Å². The summed E-state index contributed by atoms with van der Waals surface area (Å²) in [4.78, 5) is 22.7. The lowest BCUT2D eigenvalue weighted by Crippen LogP contribution is -2.38. The van der Waals surface area contributed by atoms with Crippen molar-refractivity contribution in [3.8, 4) is 0 Å². The Kier molecular flexibility index (Phi) is 3.64. The van der Waals surface area contributed by atoms with Crippen LogP contribution in [0.1, 0.15) is 41.8 Å². The molecule has 6 nitrogen and oxygen atoms in total. The highest BCUT2D eigenvalue weighted by molar-refractivity contribution is 5.94. The molecule has 1 aromatic rings. The van der Waals surface area contributed by atoms with Crippen molar-refractivity contribution in [3.63, 3.8) is 0 Å². The molecular formula is C12H16N2O4. The summed E-state index contributed by atoms with van der Waals surface area (Å²) in [5, 5.41) is 15.3. The lowest BCUT2D eigenvalue weighted by atomic mass is 9.86. The number of carbonyl (C=O) groups excluding carboxylic acids is 1. The van der Waals surface area contributed by atoms with Gasteiger partial charge in [0, 0.05) is 6.04 Å². The van der Waals surface area contributed by atoms with Crippen LogP contribution in [0.15, 0.2) is 10.7 Å². The minimum atomic E-state index is -0.741. The Hall–Kier alpha value is -1.85. The molecule has 0 atom stereocenters. The number of aryl methyl sites for hydroxylation is 1. The smallest absolute Gasteiger partial charge is 0.306 e. The molecule has 1 heterocycles. The topological polar surface area (TPSA) is 92.4 Å². The van der Waals surface area contributed by atoms with Crippen molar-refractivity contribution >= 4 is 11.9 Å². The number of carboxylic acid groups (broad SMARTS) is 1. The second kappa shape index (κ2) is 5.20. The summed E-state index contributed by atoms with van der Waals surface area (Å²) >= 11 is 0. The number of rotatable bonds is 3. The van der Waals surface area contributed by atoms with Gasteiger partial charge in [-0.3, -0.25) is 9.59 Å². The van der Waals surface area contributed by atoms with Crippen molar-refractivity contribution in [2.24, 2.45) is 5.92 Å². The SMILES string of the molecule is Cc1oncc1C(=O)NC1CCC(C(=O)O)CC1. The Morgan fingerprint density at radius 1 is 1.39 bits per heavy atom. The van der Waals surface area contributed by atoms with E-state index in [-0.39, 0.29) is 17.9 Å². The predicted octanol–water partition coefficient (Wildman–Crippen LogP) is 1.36. The number of carboxylic acids is 1. The molecule has 98 valence electrons. The quantitative estimate of drug-likeness (QED) is 0.847. The van der Waals surface area contributed by atoms with Crippen LogP contribution in [0.2, 0.25) is 0 Å². The fourth-order valence-electron chi connectivity index (χ4n) is 2.26. The fraction of sp³-hybridized carbons (Fsp3) is 0.583. The van der Waals surface area contributed by atoms with E-state index < -0.39 is 5.97 Å². The minimum Gasteiger partial charge on any atom is -0.481 e. The first-order chi connectivity index (χ1) is 8.58. The summed E-state index contributed by atoms with van der Waals surface area (Å²) in [5.41, 5.74) is 0.440. The molecular weight excluding hydrogens is 236 g/mol. The van der Waals surface area contributed by atoms with Crippen molar-refractivity contribution in [1.82, 2.24) is 10.5 Å². The van der Waals surface area contributed by atoms with Gasteiger partial charge in [0.15, 0.2) is 0 Å². The van der Waals surface area contributed by atoms with E-state index in [1.54, 1.807) is 6.92 Å². The number of hydrogen-bond donors (Lipinski definition) is 2. The van der Waals surface area contributed by atoms with Crippen LogP contribution < -0.4 is 5.32 Å². The van der Waals surface area contributed by atoms with E-state index in [4.69, 9.17) is 9.63 Å². The van der Waals surface area contributed by atoms with E-state index in [1.165, 1.54) is 6.20 Å². The van der Waals surface area contributed by atoms with E-state index in [0.717, 1.165) is 0 Å². The fourth-order valence-corrected chi connectivity index (χ4v) is 2.26. The average Bonchev–Trinajstić information content (AvgIpc) is 2.76. The van der Waals surface area contributed by atoms with Crippen LogP contribution in [-0.2, 0) is 4.79 Å². The third-order valence-electron chi connectivity index (χ3n) is 3.41. The zero-order chi connectivity index (χ0) is 13.1. The van der Waals surface area contributed by atoms with Crippen LogP contribution in [0.5, 0.6) is 0 Å². The van der Waals surface area contributed by atoms with Gasteiger partial charge in [-0.1, -0.05) is 5.16 Å². The Balaban J connectivity index is 1.87. The normalized spacial score (nSPS) is 23.6. The molecule has 0 aliphatic heterocycles. The summed E-state index contributed by atoms with van der Waals surface area (Å²) in [7, 11) is 0. The Bertz CT molecular complexity index is 447. The van der Waals surface area contributed by atoms with Crippen molar-refractivity contribution < 1.29 is 19.2 Å². The molecule has 18 heavy (non-hydrogen) atoms. The summed E-state index contributed by atoms with van der Waals surface area (Å²) in [5.74, 6) is -0.718. The molecule has 0 spiro atoms. The maximum atomic E-state index is 11.9. The Morgan fingerprint density at radius 3 is 2.56 bits per heavy atom. The first kappa shape index (κ1) is 12.6. The third kappa shape index (κ3) is 2.69. The summed E-state index contributed by atoms with van der Waals surface area (Å²) in [6.45, 7) is 1.68. The largest absolute Gasteiger partial charge is 0.481 e. The van der Waals surface area contributed by atoms with Gasteiger partial charge in [0.25, 0.3) is 5.91 Å². The molecule has 0 radical (unpaired) electrons.